The fraction of sp³-hybridized carbons (Fsp3) is 0.0476. The number of H-pyrrole nitrogens is 1. The molecule has 0 radical (unpaired) electrons. The molecule has 0 amide bonds. The monoisotopic (exact) mass is 325 g/mol. The van der Waals surface area contributed by atoms with Crippen molar-refractivity contribution in [2.45, 2.75) is 6.61 Å². The van der Waals surface area contributed by atoms with E-state index in [4.69, 9.17) is 0 Å². The molecule has 3 heterocycles. The van der Waals surface area contributed by atoms with Crippen molar-refractivity contribution >= 4 is 32.6 Å². The molecule has 0 spiro atoms. The number of fused-ring (bicyclic) bond motifs is 4. The summed E-state index contributed by atoms with van der Waals surface area (Å²) in [6, 6.07) is 18.2. The van der Waals surface area contributed by atoms with Gasteiger partial charge in [-0.3, -0.25) is 9.97 Å². The molecule has 4 heteroatoms. The van der Waals surface area contributed by atoms with Crippen molar-refractivity contribution in [1.82, 2.24) is 15.0 Å². The predicted octanol–water partition coefficient (Wildman–Crippen LogP) is 4.42. The van der Waals surface area contributed by atoms with Crippen LogP contribution in [0.25, 0.3) is 44.0 Å². The third kappa shape index (κ3) is 2.12. The lowest BCUT2D eigenvalue weighted by molar-refractivity contribution is 0.282. The molecule has 0 bridgehead atoms. The third-order valence-corrected chi connectivity index (χ3v) is 4.67. The highest BCUT2D eigenvalue weighted by Gasteiger charge is 2.14. The summed E-state index contributed by atoms with van der Waals surface area (Å²) in [5, 5.41) is 13.8. The molecule has 0 aliphatic carbocycles. The molecule has 0 aliphatic heterocycles. The molecule has 0 aliphatic rings. The minimum Gasteiger partial charge on any atom is -0.392 e. The van der Waals surface area contributed by atoms with E-state index in [1.54, 1.807) is 0 Å². The van der Waals surface area contributed by atoms with Crippen molar-refractivity contribution in [2.24, 2.45) is 0 Å². The summed E-state index contributed by atoms with van der Waals surface area (Å²) < 4.78 is 0. The fourth-order valence-corrected chi connectivity index (χ4v) is 3.46. The smallest absolute Gasteiger partial charge is 0.113 e. The maximum absolute atomic E-state index is 9.39. The van der Waals surface area contributed by atoms with Crippen molar-refractivity contribution < 1.29 is 5.11 Å². The van der Waals surface area contributed by atoms with Crippen LogP contribution in [0.5, 0.6) is 0 Å². The van der Waals surface area contributed by atoms with Crippen LogP contribution < -0.4 is 0 Å². The van der Waals surface area contributed by atoms with E-state index in [0.717, 1.165) is 49.5 Å². The lowest BCUT2D eigenvalue weighted by atomic mass is 10.1. The molecule has 120 valence electrons. The number of pyridine rings is 2. The van der Waals surface area contributed by atoms with Crippen molar-refractivity contribution in [3.8, 4) is 11.4 Å². The van der Waals surface area contributed by atoms with Gasteiger partial charge in [-0.1, -0.05) is 36.4 Å². The van der Waals surface area contributed by atoms with Crippen LogP contribution in [-0.2, 0) is 6.61 Å². The average molecular weight is 325 g/mol. The number of aromatic amines is 1. The number of hydrogen-bond donors (Lipinski definition) is 2. The zero-order chi connectivity index (χ0) is 16.8. The minimum atomic E-state index is 0.0291. The van der Waals surface area contributed by atoms with Gasteiger partial charge in [-0.2, -0.15) is 0 Å². The van der Waals surface area contributed by atoms with Crippen molar-refractivity contribution in [3.63, 3.8) is 0 Å². The molecule has 5 rings (SSSR count). The van der Waals surface area contributed by atoms with Gasteiger partial charge in [0.2, 0.25) is 0 Å². The summed E-state index contributed by atoms with van der Waals surface area (Å²) in [5.74, 6) is 0. The van der Waals surface area contributed by atoms with Gasteiger partial charge in [0.25, 0.3) is 0 Å². The van der Waals surface area contributed by atoms with E-state index in [0.29, 0.717) is 0 Å². The van der Waals surface area contributed by atoms with Gasteiger partial charge in [-0.25, -0.2) is 0 Å². The Bertz CT molecular complexity index is 1230. The van der Waals surface area contributed by atoms with Crippen LogP contribution in [0.1, 0.15) is 5.56 Å². The van der Waals surface area contributed by atoms with Gasteiger partial charge in [0.05, 0.1) is 17.8 Å². The molecule has 3 aromatic heterocycles. The normalized spacial score (nSPS) is 11.6. The van der Waals surface area contributed by atoms with Gasteiger partial charge in [0.1, 0.15) is 5.69 Å². The van der Waals surface area contributed by atoms with Crippen LogP contribution in [0.2, 0.25) is 0 Å². The summed E-state index contributed by atoms with van der Waals surface area (Å²) in [6.07, 6.45) is 3.65. The molecular formula is C21H15N3O. The molecule has 2 aromatic carbocycles. The Morgan fingerprint density at radius 1 is 0.800 bits per heavy atom. The molecule has 5 aromatic rings. The number of benzene rings is 2. The zero-order valence-corrected chi connectivity index (χ0v) is 13.4. The number of aromatic nitrogens is 3. The van der Waals surface area contributed by atoms with Gasteiger partial charge < -0.3 is 10.1 Å². The van der Waals surface area contributed by atoms with Crippen molar-refractivity contribution in [1.29, 1.82) is 0 Å². The minimum absolute atomic E-state index is 0.0291. The first-order valence-electron chi connectivity index (χ1n) is 8.19. The summed E-state index contributed by atoms with van der Waals surface area (Å²) in [6.45, 7) is 0.0291. The number of aliphatic hydroxyl groups is 1. The molecule has 0 atom stereocenters. The standard InChI is InChI=1S/C21H15N3O/c25-12-13-5-6-16-17-8-10-23-21(20(17)24-18(16)11-13)19-15-4-2-1-3-14(15)7-9-22-19/h1-11,24-25H,12H2. The number of aliphatic hydroxyl groups excluding tert-OH is 1. The predicted molar refractivity (Wildman–Crippen MR) is 100 cm³/mol. The third-order valence-electron chi connectivity index (χ3n) is 4.67. The highest BCUT2D eigenvalue weighted by molar-refractivity contribution is 6.12. The van der Waals surface area contributed by atoms with E-state index in [1.165, 1.54) is 0 Å². The lowest BCUT2D eigenvalue weighted by Crippen LogP contribution is -1.90. The zero-order valence-electron chi connectivity index (χ0n) is 13.4. The van der Waals surface area contributed by atoms with Gasteiger partial charge >= 0.3 is 0 Å². The molecule has 25 heavy (non-hydrogen) atoms. The molecule has 0 saturated carbocycles. The van der Waals surface area contributed by atoms with Crippen LogP contribution in [0.15, 0.2) is 67.0 Å². The summed E-state index contributed by atoms with van der Waals surface area (Å²) in [7, 11) is 0. The second-order valence-corrected chi connectivity index (χ2v) is 6.13. The van der Waals surface area contributed by atoms with E-state index >= 15 is 0 Å². The van der Waals surface area contributed by atoms with Crippen LogP contribution >= 0.6 is 0 Å². The van der Waals surface area contributed by atoms with Crippen molar-refractivity contribution in [2.75, 3.05) is 0 Å². The summed E-state index contributed by atoms with van der Waals surface area (Å²) in [4.78, 5) is 12.7. The first-order valence-corrected chi connectivity index (χ1v) is 8.19. The Morgan fingerprint density at radius 3 is 2.56 bits per heavy atom. The topological polar surface area (TPSA) is 61.8 Å². The first kappa shape index (κ1) is 14.1. The molecule has 0 unspecified atom stereocenters. The fourth-order valence-electron chi connectivity index (χ4n) is 3.46. The Hall–Kier alpha value is -3.24. The van der Waals surface area contributed by atoms with Crippen LogP contribution in [0, 0.1) is 0 Å². The van der Waals surface area contributed by atoms with Crippen LogP contribution in [-0.4, -0.2) is 20.1 Å². The van der Waals surface area contributed by atoms with Gasteiger partial charge in [-0.05, 0) is 29.1 Å². The Balaban J connectivity index is 1.87. The molecule has 2 N–H and O–H groups in total. The molecule has 0 fully saturated rings. The number of hydrogen-bond acceptors (Lipinski definition) is 3. The SMILES string of the molecule is OCc1ccc2c(c1)[nH]c1c(-c3nccc4ccccc34)nccc12. The Kier molecular flexibility index (Phi) is 3.05. The van der Waals surface area contributed by atoms with Crippen molar-refractivity contribution in [3.05, 3.63) is 72.6 Å². The second kappa shape index (κ2) is 5.40. The average Bonchev–Trinajstić information content (AvgIpc) is 3.05. The lowest BCUT2D eigenvalue weighted by Gasteiger charge is -2.06. The number of nitrogens with one attached hydrogen (secondary N) is 1. The maximum atomic E-state index is 9.39. The number of rotatable bonds is 2. The van der Waals surface area contributed by atoms with E-state index < -0.39 is 0 Å². The van der Waals surface area contributed by atoms with E-state index in [1.807, 2.05) is 54.9 Å². The summed E-state index contributed by atoms with van der Waals surface area (Å²) in [5.41, 5.74) is 4.57. The largest absolute Gasteiger partial charge is 0.392 e. The van der Waals surface area contributed by atoms with Crippen LogP contribution in [0.4, 0.5) is 0 Å². The highest BCUT2D eigenvalue weighted by Crippen LogP contribution is 2.33. The second-order valence-electron chi connectivity index (χ2n) is 6.13. The molecular weight excluding hydrogens is 310 g/mol. The Morgan fingerprint density at radius 2 is 1.64 bits per heavy atom. The molecule has 4 nitrogen and oxygen atoms in total. The molecule has 0 saturated heterocycles. The van der Waals surface area contributed by atoms with E-state index in [-0.39, 0.29) is 6.61 Å². The van der Waals surface area contributed by atoms with Crippen LogP contribution in [0.3, 0.4) is 0 Å². The summed E-state index contributed by atoms with van der Waals surface area (Å²) >= 11 is 0. The number of nitrogens with zero attached hydrogens (tertiary/aromatic N) is 2. The quantitative estimate of drug-likeness (QED) is 0.505. The van der Waals surface area contributed by atoms with E-state index in [2.05, 4.69) is 27.1 Å². The van der Waals surface area contributed by atoms with Gasteiger partial charge in [-0.15, -0.1) is 0 Å². The highest BCUT2D eigenvalue weighted by atomic mass is 16.3. The maximum Gasteiger partial charge on any atom is 0.113 e. The first-order chi connectivity index (χ1) is 12.3. The van der Waals surface area contributed by atoms with Gasteiger partial charge in [0, 0.05) is 34.1 Å². The van der Waals surface area contributed by atoms with E-state index in [9.17, 15) is 5.11 Å². The van der Waals surface area contributed by atoms with Gasteiger partial charge in [0.15, 0.2) is 0 Å². The Labute approximate surface area is 143 Å².